The minimum Gasteiger partial charge on any atom is -0.368 e. The van der Waals surface area contributed by atoms with E-state index in [1.165, 1.54) is 51.4 Å². The molecule has 2 unspecified atom stereocenters. The molecule has 14 N–H and O–H groups in total. The van der Waals surface area contributed by atoms with Crippen molar-refractivity contribution in [2.24, 2.45) is 28.7 Å². The maximum Gasteiger partial charge on any atom is 0.243 e. The van der Waals surface area contributed by atoms with Crippen LogP contribution in [-0.4, -0.2) is 79.4 Å². The van der Waals surface area contributed by atoms with Crippen LogP contribution in [0.3, 0.4) is 0 Å². The zero-order valence-electron chi connectivity index (χ0n) is 35.5. The number of amides is 5. The minimum atomic E-state index is -0.963. The SMILES string of the molecule is CCCCCCCCCCC(NC(=O)C(CCCCCCCCCC)NC(=O)[C@H](CCCCNC(=O)[C@@H](N)CCCCN)NC(=O)[C@@H](N)CCCCN)C(N)=O. The molecule has 0 saturated heterocycles. The van der Waals surface area contributed by atoms with Crippen molar-refractivity contribution in [3.8, 4) is 0 Å². The lowest BCUT2D eigenvalue weighted by atomic mass is 10.0. The van der Waals surface area contributed by atoms with E-state index in [2.05, 4.69) is 35.1 Å². The number of unbranched alkanes of at least 4 members (excludes halogenated alkanes) is 17. The Morgan fingerprint density at radius 1 is 0.411 bits per heavy atom. The summed E-state index contributed by atoms with van der Waals surface area (Å²) >= 11 is 0. The summed E-state index contributed by atoms with van der Waals surface area (Å²) in [6, 6.07) is -4.15. The molecule has 0 aliphatic heterocycles. The Kier molecular flexibility index (Phi) is 34.7. The van der Waals surface area contributed by atoms with Crippen molar-refractivity contribution in [1.82, 2.24) is 21.3 Å². The summed E-state index contributed by atoms with van der Waals surface area (Å²) < 4.78 is 0. The average molecular weight is 796 g/mol. The first-order chi connectivity index (χ1) is 27.0. The highest BCUT2D eigenvalue weighted by Gasteiger charge is 2.29. The fraction of sp³-hybridized carbons (Fsp3) is 0.881. The van der Waals surface area contributed by atoms with Gasteiger partial charge in [-0.1, -0.05) is 129 Å². The van der Waals surface area contributed by atoms with Crippen LogP contribution in [0.15, 0.2) is 0 Å². The molecule has 0 spiro atoms. The van der Waals surface area contributed by atoms with Crippen molar-refractivity contribution in [1.29, 1.82) is 0 Å². The highest BCUT2D eigenvalue weighted by atomic mass is 16.2. The second-order valence-corrected chi connectivity index (χ2v) is 15.7. The van der Waals surface area contributed by atoms with Gasteiger partial charge >= 0.3 is 0 Å². The molecule has 0 rings (SSSR count). The zero-order chi connectivity index (χ0) is 41.8. The summed E-state index contributed by atoms with van der Waals surface area (Å²) in [4.78, 5) is 65.7. The van der Waals surface area contributed by atoms with Gasteiger partial charge in [0.25, 0.3) is 0 Å². The van der Waals surface area contributed by atoms with Crippen LogP contribution in [0.4, 0.5) is 0 Å². The molecule has 0 heterocycles. The molecule has 5 atom stereocenters. The third-order valence-electron chi connectivity index (χ3n) is 10.4. The van der Waals surface area contributed by atoms with Crippen LogP contribution in [0.2, 0.25) is 0 Å². The number of nitrogens with two attached hydrogens (primary N) is 5. The molecule has 0 fully saturated rings. The number of primary amides is 1. The van der Waals surface area contributed by atoms with Crippen molar-refractivity contribution >= 4 is 29.5 Å². The molecule has 0 aliphatic carbocycles. The topological polar surface area (TPSA) is 264 Å². The first kappa shape index (κ1) is 53.2. The predicted molar refractivity (Wildman–Crippen MR) is 228 cm³/mol. The summed E-state index contributed by atoms with van der Waals surface area (Å²) in [6.45, 7) is 5.79. The summed E-state index contributed by atoms with van der Waals surface area (Å²) in [5.41, 5.74) is 29.1. The fourth-order valence-corrected chi connectivity index (χ4v) is 6.71. The highest BCUT2D eigenvalue weighted by Crippen LogP contribution is 2.14. The smallest absolute Gasteiger partial charge is 0.243 e. The number of hydrogen-bond acceptors (Lipinski definition) is 9. The third-order valence-corrected chi connectivity index (χ3v) is 10.4. The van der Waals surface area contributed by atoms with Crippen LogP contribution >= 0.6 is 0 Å². The van der Waals surface area contributed by atoms with E-state index in [-0.39, 0.29) is 12.3 Å². The van der Waals surface area contributed by atoms with Gasteiger partial charge in [0.05, 0.1) is 12.1 Å². The normalized spacial score (nSPS) is 14.0. The van der Waals surface area contributed by atoms with Crippen molar-refractivity contribution in [2.75, 3.05) is 19.6 Å². The molecule has 0 saturated carbocycles. The van der Waals surface area contributed by atoms with Gasteiger partial charge in [0.15, 0.2) is 0 Å². The van der Waals surface area contributed by atoms with Crippen molar-refractivity contribution in [2.45, 2.75) is 217 Å². The molecule has 0 bridgehead atoms. The minimum absolute atomic E-state index is 0.237. The van der Waals surface area contributed by atoms with Gasteiger partial charge < -0.3 is 49.9 Å². The monoisotopic (exact) mass is 796 g/mol. The Balaban J connectivity index is 5.68. The molecular formula is C42H85N9O5. The first-order valence-corrected chi connectivity index (χ1v) is 22.4. The molecule has 328 valence electrons. The Labute approximate surface area is 339 Å². The fourth-order valence-electron chi connectivity index (χ4n) is 6.71. The van der Waals surface area contributed by atoms with E-state index >= 15 is 0 Å². The van der Waals surface area contributed by atoms with Crippen LogP contribution in [0.25, 0.3) is 0 Å². The van der Waals surface area contributed by atoms with E-state index in [1.807, 2.05) is 0 Å². The molecular weight excluding hydrogens is 711 g/mol. The third kappa shape index (κ3) is 28.6. The van der Waals surface area contributed by atoms with Crippen molar-refractivity contribution in [3.63, 3.8) is 0 Å². The molecule has 0 aromatic heterocycles. The average Bonchev–Trinajstić information content (AvgIpc) is 3.17. The summed E-state index contributed by atoms with van der Waals surface area (Å²) in [5.74, 6) is -2.26. The number of rotatable bonds is 39. The summed E-state index contributed by atoms with van der Waals surface area (Å²) in [6.07, 6.45) is 23.5. The van der Waals surface area contributed by atoms with Crippen LogP contribution < -0.4 is 49.9 Å². The van der Waals surface area contributed by atoms with Gasteiger partial charge in [0, 0.05) is 6.54 Å². The maximum atomic E-state index is 13.9. The summed E-state index contributed by atoms with van der Waals surface area (Å²) in [7, 11) is 0. The van der Waals surface area contributed by atoms with Crippen LogP contribution in [0.5, 0.6) is 0 Å². The Hall–Kier alpha value is -2.81. The van der Waals surface area contributed by atoms with Crippen LogP contribution in [-0.2, 0) is 24.0 Å². The molecule has 0 radical (unpaired) electrons. The van der Waals surface area contributed by atoms with Crippen LogP contribution in [0, 0.1) is 0 Å². The molecule has 14 heteroatoms. The lowest BCUT2D eigenvalue weighted by Gasteiger charge is -2.26. The standard InChI is InChI=1S/C42H85N9O5/c1-3-5-7-9-11-13-15-17-27-35(38(47)52)49-41(55)37(28-18-16-14-12-10-8-6-4-2)51-42(56)36(50-40(54)34(46)26-20-23-31-44)29-21-24-32-48-39(53)33(45)25-19-22-30-43/h33-37H,3-32,43-46H2,1-2H3,(H2,47,52)(H,48,53)(H,49,55)(H,50,54)(H,51,56)/t33-,34-,35?,36-,37?/m0/s1. The Morgan fingerprint density at radius 2 is 0.750 bits per heavy atom. The summed E-state index contributed by atoms with van der Waals surface area (Å²) in [5, 5.41) is 11.4. The van der Waals surface area contributed by atoms with Gasteiger partial charge in [-0.15, -0.1) is 0 Å². The van der Waals surface area contributed by atoms with E-state index < -0.39 is 53.8 Å². The molecule has 0 aromatic carbocycles. The first-order valence-electron chi connectivity index (χ1n) is 22.4. The zero-order valence-corrected chi connectivity index (χ0v) is 35.5. The van der Waals surface area contributed by atoms with Gasteiger partial charge in [-0.25, -0.2) is 0 Å². The quantitative estimate of drug-likeness (QED) is 0.0404. The molecule has 56 heavy (non-hydrogen) atoms. The highest BCUT2D eigenvalue weighted by molar-refractivity contribution is 5.94. The van der Waals surface area contributed by atoms with Gasteiger partial charge in [-0.2, -0.15) is 0 Å². The second-order valence-electron chi connectivity index (χ2n) is 15.7. The molecule has 5 amide bonds. The largest absolute Gasteiger partial charge is 0.368 e. The van der Waals surface area contributed by atoms with Crippen LogP contribution in [0.1, 0.15) is 187 Å². The lowest BCUT2D eigenvalue weighted by Crippen LogP contribution is -2.57. The van der Waals surface area contributed by atoms with Crippen molar-refractivity contribution in [3.05, 3.63) is 0 Å². The van der Waals surface area contributed by atoms with Gasteiger partial charge in [0.2, 0.25) is 29.5 Å². The number of carbonyl (C=O) groups excluding carboxylic acids is 5. The molecule has 14 nitrogen and oxygen atoms in total. The van der Waals surface area contributed by atoms with Crippen molar-refractivity contribution < 1.29 is 24.0 Å². The Bertz CT molecular complexity index is 1030. The van der Waals surface area contributed by atoms with E-state index in [0.29, 0.717) is 71.0 Å². The van der Waals surface area contributed by atoms with E-state index in [0.717, 1.165) is 64.2 Å². The second kappa shape index (κ2) is 36.5. The lowest BCUT2D eigenvalue weighted by molar-refractivity contribution is -0.133. The maximum absolute atomic E-state index is 13.9. The van der Waals surface area contributed by atoms with E-state index in [1.54, 1.807) is 0 Å². The predicted octanol–water partition coefficient (Wildman–Crippen LogP) is 4.19. The number of carbonyl (C=O) groups is 5. The van der Waals surface area contributed by atoms with E-state index in [9.17, 15) is 24.0 Å². The van der Waals surface area contributed by atoms with Gasteiger partial charge in [-0.3, -0.25) is 24.0 Å². The van der Waals surface area contributed by atoms with E-state index in [4.69, 9.17) is 28.7 Å². The number of hydrogen-bond donors (Lipinski definition) is 9. The van der Waals surface area contributed by atoms with Gasteiger partial charge in [-0.05, 0) is 70.9 Å². The molecule has 0 aromatic rings. The number of nitrogens with one attached hydrogen (secondary N) is 4. The molecule has 0 aliphatic rings. The Morgan fingerprint density at radius 3 is 1.18 bits per heavy atom. The van der Waals surface area contributed by atoms with Gasteiger partial charge in [0.1, 0.15) is 18.1 Å².